The molecule has 96 valence electrons. The monoisotopic (exact) mass is 246 g/mol. The van der Waals surface area contributed by atoms with E-state index in [4.69, 9.17) is 9.84 Å². The first-order valence-electron chi connectivity index (χ1n) is 5.21. The number of nitrogens with zero attached hydrogens (tertiary/aromatic N) is 1. The Labute approximate surface area is 98.0 Å². The molecule has 1 rings (SSSR count). The van der Waals surface area contributed by atoms with Crippen LogP contribution in [0.15, 0.2) is 12.0 Å². The second-order valence-corrected chi connectivity index (χ2v) is 3.57. The maximum atomic E-state index is 12.9. The first kappa shape index (κ1) is 13.6. The number of aldehydes is 1. The lowest BCUT2D eigenvalue weighted by Crippen LogP contribution is -2.42. The molecule has 6 nitrogen and oxygen atoms in total. The Morgan fingerprint density at radius 3 is 2.82 bits per heavy atom. The molecule has 1 saturated heterocycles. The van der Waals surface area contributed by atoms with E-state index in [-0.39, 0.29) is 19.0 Å². The average molecular weight is 246 g/mol. The topological polar surface area (TPSA) is 78.9 Å². The minimum Gasteiger partial charge on any atom is -0.394 e. The molecule has 0 aromatic rings. The minimum atomic E-state index is -1.07. The van der Waals surface area contributed by atoms with Crippen LogP contribution in [0.3, 0.4) is 0 Å². The third-order valence-electron chi connectivity index (χ3n) is 2.42. The lowest BCUT2D eigenvalue weighted by atomic mass is 10.2. The Morgan fingerprint density at radius 2 is 2.35 bits per heavy atom. The molecular formula is C10H15FN2O4. The zero-order valence-corrected chi connectivity index (χ0v) is 9.43. The van der Waals surface area contributed by atoms with E-state index < -0.39 is 18.1 Å². The van der Waals surface area contributed by atoms with Crippen molar-refractivity contribution in [1.82, 2.24) is 10.2 Å². The van der Waals surface area contributed by atoms with E-state index in [2.05, 4.69) is 5.32 Å². The van der Waals surface area contributed by atoms with Crippen LogP contribution in [0.2, 0.25) is 0 Å². The van der Waals surface area contributed by atoms with Gasteiger partial charge in [-0.15, -0.1) is 0 Å². The van der Waals surface area contributed by atoms with E-state index >= 15 is 0 Å². The van der Waals surface area contributed by atoms with Gasteiger partial charge in [-0.2, -0.15) is 0 Å². The Bertz CT molecular complexity index is 321. The number of aliphatic hydroxyl groups excluding tert-OH is 1. The van der Waals surface area contributed by atoms with E-state index in [1.165, 1.54) is 7.05 Å². The number of allylic oxidation sites excluding steroid dienone is 1. The van der Waals surface area contributed by atoms with Crippen LogP contribution in [0.1, 0.15) is 12.8 Å². The standard InChI is InChI=1S/C10H15FN2O4/c1-12-10(16)13(4-7(11)5-14)9-3-2-8(6-15)17-9/h4-5,8-9,15H,2-3,6H2,1H3,(H,12,16)/b7-4+. The van der Waals surface area contributed by atoms with Gasteiger partial charge in [0.25, 0.3) is 0 Å². The number of aliphatic hydroxyl groups is 1. The molecule has 7 heteroatoms. The highest BCUT2D eigenvalue weighted by atomic mass is 19.1. The molecule has 2 amide bonds. The summed E-state index contributed by atoms with van der Waals surface area (Å²) in [5.74, 6) is -1.07. The number of hydrogen-bond acceptors (Lipinski definition) is 4. The normalized spacial score (nSPS) is 24.5. The molecule has 1 heterocycles. The van der Waals surface area contributed by atoms with Crippen LogP contribution in [0.25, 0.3) is 0 Å². The van der Waals surface area contributed by atoms with Crippen molar-refractivity contribution in [2.24, 2.45) is 0 Å². The van der Waals surface area contributed by atoms with Gasteiger partial charge in [-0.1, -0.05) is 0 Å². The summed E-state index contributed by atoms with van der Waals surface area (Å²) < 4.78 is 18.2. The zero-order chi connectivity index (χ0) is 12.8. The molecule has 0 spiro atoms. The Morgan fingerprint density at radius 1 is 1.65 bits per heavy atom. The smallest absolute Gasteiger partial charge is 0.323 e. The third-order valence-corrected chi connectivity index (χ3v) is 2.42. The summed E-state index contributed by atoms with van der Waals surface area (Å²) in [7, 11) is 1.39. The summed E-state index contributed by atoms with van der Waals surface area (Å²) in [6, 6.07) is -0.578. The van der Waals surface area contributed by atoms with Crippen LogP contribution in [0.5, 0.6) is 0 Å². The van der Waals surface area contributed by atoms with Gasteiger partial charge in [-0.3, -0.25) is 9.69 Å². The highest BCUT2D eigenvalue weighted by Gasteiger charge is 2.31. The minimum absolute atomic E-state index is 0.00835. The van der Waals surface area contributed by atoms with Crippen LogP contribution in [0.4, 0.5) is 9.18 Å². The Hall–Kier alpha value is -1.47. The van der Waals surface area contributed by atoms with E-state index in [1.807, 2.05) is 0 Å². The SMILES string of the molecule is CNC(=O)N(/C=C(/F)C=O)C1CCC(CO)O1. The van der Waals surface area contributed by atoms with Gasteiger partial charge in [0.15, 0.2) is 12.1 Å². The number of carbonyl (C=O) groups is 2. The molecule has 17 heavy (non-hydrogen) atoms. The zero-order valence-electron chi connectivity index (χ0n) is 9.43. The van der Waals surface area contributed by atoms with Crippen LogP contribution < -0.4 is 5.32 Å². The van der Waals surface area contributed by atoms with Crippen molar-refractivity contribution in [2.45, 2.75) is 25.2 Å². The fourth-order valence-electron chi connectivity index (χ4n) is 1.59. The summed E-state index contributed by atoms with van der Waals surface area (Å²) in [5.41, 5.74) is 0. The van der Waals surface area contributed by atoms with Gasteiger partial charge < -0.3 is 15.2 Å². The van der Waals surface area contributed by atoms with E-state index in [0.717, 1.165) is 11.1 Å². The van der Waals surface area contributed by atoms with Gasteiger partial charge in [0.2, 0.25) is 0 Å². The Kier molecular flexibility index (Phi) is 5.05. The first-order valence-corrected chi connectivity index (χ1v) is 5.21. The summed E-state index contributed by atoms with van der Waals surface area (Å²) in [6.45, 7) is -0.155. The summed E-state index contributed by atoms with van der Waals surface area (Å²) in [6.07, 6.45) is 0.814. The quantitative estimate of drug-likeness (QED) is 0.546. The van der Waals surface area contributed by atoms with Crippen LogP contribution in [0, 0.1) is 0 Å². The molecule has 0 saturated carbocycles. The summed E-state index contributed by atoms with van der Waals surface area (Å²) in [5, 5.41) is 11.2. The highest BCUT2D eigenvalue weighted by molar-refractivity contribution is 5.77. The van der Waals surface area contributed by atoms with Crippen molar-refractivity contribution in [3.05, 3.63) is 12.0 Å². The van der Waals surface area contributed by atoms with Crippen LogP contribution >= 0.6 is 0 Å². The summed E-state index contributed by atoms with van der Waals surface area (Å²) >= 11 is 0. The third kappa shape index (κ3) is 3.50. The molecule has 0 radical (unpaired) electrons. The first-order chi connectivity index (χ1) is 8.12. The van der Waals surface area contributed by atoms with Gasteiger partial charge in [-0.05, 0) is 12.8 Å². The van der Waals surface area contributed by atoms with E-state index in [1.54, 1.807) is 0 Å². The van der Waals surface area contributed by atoms with Crippen molar-refractivity contribution < 1.29 is 23.8 Å². The second kappa shape index (κ2) is 6.31. The molecule has 2 atom stereocenters. The summed E-state index contributed by atoms with van der Waals surface area (Å²) in [4.78, 5) is 22.7. The molecule has 2 N–H and O–H groups in total. The largest absolute Gasteiger partial charge is 0.394 e. The van der Waals surface area contributed by atoms with Gasteiger partial charge in [0.05, 0.1) is 18.9 Å². The lowest BCUT2D eigenvalue weighted by molar-refractivity contribution is -0.106. The predicted octanol–water partition coefficient (Wildman–Crippen LogP) is 0.135. The number of hydrogen-bond donors (Lipinski definition) is 2. The molecule has 0 aliphatic carbocycles. The maximum absolute atomic E-state index is 12.9. The van der Waals surface area contributed by atoms with Gasteiger partial charge >= 0.3 is 6.03 Å². The number of halogens is 1. The highest BCUT2D eigenvalue weighted by Crippen LogP contribution is 2.23. The van der Waals surface area contributed by atoms with Crippen molar-refractivity contribution in [1.29, 1.82) is 0 Å². The number of rotatable bonds is 4. The predicted molar refractivity (Wildman–Crippen MR) is 56.5 cm³/mol. The van der Waals surface area contributed by atoms with E-state index in [0.29, 0.717) is 12.8 Å². The molecule has 0 aromatic carbocycles. The lowest BCUT2D eigenvalue weighted by Gasteiger charge is -2.24. The molecule has 0 aromatic heterocycles. The van der Waals surface area contributed by atoms with Crippen LogP contribution in [-0.4, -0.2) is 48.3 Å². The van der Waals surface area contributed by atoms with Gasteiger partial charge in [0.1, 0.15) is 6.23 Å². The number of carbonyl (C=O) groups excluding carboxylic acids is 2. The molecule has 1 aliphatic heterocycles. The number of urea groups is 1. The molecule has 0 bridgehead atoms. The maximum Gasteiger partial charge on any atom is 0.323 e. The van der Waals surface area contributed by atoms with Crippen molar-refractivity contribution in [3.63, 3.8) is 0 Å². The molecule has 1 fully saturated rings. The van der Waals surface area contributed by atoms with Crippen LogP contribution in [-0.2, 0) is 9.53 Å². The molecular weight excluding hydrogens is 231 g/mol. The van der Waals surface area contributed by atoms with Crippen molar-refractivity contribution in [2.75, 3.05) is 13.7 Å². The molecule has 1 aliphatic rings. The van der Waals surface area contributed by atoms with Gasteiger partial charge in [0, 0.05) is 7.05 Å². The van der Waals surface area contributed by atoms with Crippen molar-refractivity contribution in [3.8, 4) is 0 Å². The second-order valence-electron chi connectivity index (χ2n) is 3.57. The van der Waals surface area contributed by atoms with E-state index in [9.17, 15) is 14.0 Å². The molecule has 2 unspecified atom stereocenters. The average Bonchev–Trinajstić information content (AvgIpc) is 2.83. The van der Waals surface area contributed by atoms with Gasteiger partial charge in [-0.25, -0.2) is 9.18 Å². The fraction of sp³-hybridized carbons (Fsp3) is 0.600. The number of amides is 2. The Balaban J connectivity index is 2.77. The fourth-order valence-corrected chi connectivity index (χ4v) is 1.59. The van der Waals surface area contributed by atoms with Crippen molar-refractivity contribution >= 4 is 12.3 Å². The number of ether oxygens (including phenoxy) is 1. The number of nitrogens with one attached hydrogen (secondary N) is 1.